The number of nitrogens with zero attached hydrogens (tertiary/aromatic N) is 4. The lowest BCUT2D eigenvalue weighted by Gasteiger charge is -2.44. The Hall–Kier alpha value is -4.04. The van der Waals surface area contributed by atoms with Crippen LogP contribution in [-0.4, -0.2) is 83.7 Å². The number of aromatic nitrogens is 2. The topological polar surface area (TPSA) is 91.2 Å². The van der Waals surface area contributed by atoms with Gasteiger partial charge in [0.15, 0.2) is 5.82 Å². The molecular formula is C35H36F2N4O4. The van der Waals surface area contributed by atoms with Gasteiger partial charge in [-0.05, 0) is 74.5 Å². The lowest BCUT2D eigenvalue weighted by molar-refractivity contribution is 0.0133. The summed E-state index contributed by atoms with van der Waals surface area (Å²) in [6.07, 6.45) is 10.4. The minimum absolute atomic E-state index is 0.0172. The summed E-state index contributed by atoms with van der Waals surface area (Å²) in [5, 5.41) is 22.3. The van der Waals surface area contributed by atoms with E-state index in [2.05, 4.69) is 22.9 Å². The van der Waals surface area contributed by atoms with Gasteiger partial charge < -0.3 is 29.5 Å². The number of aliphatic hydroxyl groups excluding tert-OH is 1. The first-order valence-corrected chi connectivity index (χ1v) is 15.5. The molecular weight excluding hydrogens is 578 g/mol. The van der Waals surface area contributed by atoms with Crippen molar-refractivity contribution in [3.8, 4) is 35.2 Å². The van der Waals surface area contributed by atoms with Crippen LogP contribution >= 0.6 is 0 Å². The van der Waals surface area contributed by atoms with Crippen LogP contribution in [0.1, 0.15) is 37.7 Å². The molecule has 1 aromatic heterocycles. The predicted octanol–water partition coefficient (Wildman–Crippen LogP) is 5.26. The average Bonchev–Trinajstić information content (AvgIpc) is 3.35. The zero-order chi connectivity index (χ0) is 31.3. The van der Waals surface area contributed by atoms with E-state index in [-0.39, 0.29) is 52.5 Å². The Morgan fingerprint density at radius 3 is 2.80 bits per heavy atom. The summed E-state index contributed by atoms with van der Waals surface area (Å²) in [6.45, 7) is 2.72. The number of likely N-dealkylation sites (tertiary alicyclic amines) is 1. The molecule has 3 atom stereocenters. The summed E-state index contributed by atoms with van der Waals surface area (Å²) < 4.78 is 43.6. The fourth-order valence-corrected chi connectivity index (χ4v) is 7.79. The Balaban J connectivity index is 1.38. The number of hydrogen-bond acceptors (Lipinski definition) is 8. The maximum atomic E-state index is 16.8. The van der Waals surface area contributed by atoms with E-state index in [1.165, 1.54) is 24.3 Å². The molecule has 2 N–H and O–H groups in total. The van der Waals surface area contributed by atoms with Gasteiger partial charge in [0.05, 0.1) is 31.5 Å². The van der Waals surface area contributed by atoms with Crippen LogP contribution < -0.4 is 9.64 Å². The zero-order valence-electron chi connectivity index (χ0n) is 25.2. The molecule has 0 amide bonds. The van der Waals surface area contributed by atoms with Crippen molar-refractivity contribution >= 4 is 27.5 Å². The number of aromatic hydroxyl groups is 1. The summed E-state index contributed by atoms with van der Waals surface area (Å²) in [5.74, 6) is 1.42. The third-order valence-electron chi connectivity index (χ3n) is 9.86. The maximum absolute atomic E-state index is 16.8. The molecule has 4 aromatic rings. The highest BCUT2D eigenvalue weighted by molar-refractivity contribution is 6.04. The van der Waals surface area contributed by atoms with Crippen LogP contribution in [0.15, 0.2) is 36.4 Å². The molecule has 3 aliphatic rings. The fourth-order valence-electron chi connectivity index (χ4n) is 7.79. The SMILES string of the molecule is C#Cc1c(F)ccc2cc(O)cc(-c3ccc4c(N5CCOCC(O)C5)nc(OC[C@]56CCC[C@H]5N(C)CCC6)nc4c3F)c12. The predicted molar refractivity (Wildman–Crippen MR) is 168 cm³/mol. The quantitative estimate of drug-likeness (QED) is 0.295. The van der Waals surface area contributed by atoms with Crippen LogP contribution in [-0.2, 0) is 4.74 Å². The number of aliphatic hydroxyl groups is 1. The third kappa shape index (κ3) is 5.23. The second kappa shape index (κ2) is 11.7. The van der Waals surface area contributed by atoms with Gasteiger partial charge in [0, 0.05) is 40.9 Å². The van der Waals surface area contributed by atoms with Crippen LogP contribution in [0.2, 0.25) is 0 Å². The van der Waals surface area contributed by atoms with E-state index in [0.29, 0.717) is 47.8 Å². The number of β-amino-alcohol motifs (C(OH)–C–C–N with tert-alkyl or cyclic N) is 1. The van der Waals surface area contributed by atoms with Crippen molar-refractivity contribution < 1.29 is 28.5 Å². The van der Waals surface area contributed by atoms with Crippen molar-refractivity contribution in [2.24, 2.45) is 5.41 Å². The molecule has 2 saturated heterocycles. The van der Waals surface area contributed by atoms with Crippen molar-refractivity contribution in [3.63, 3.8) is 0 Å². The Kier molecular flexibility index (Phi) is 7.72. The van der Waals surface area contributed by atoms with Gasteiger partial charge in [0.2, 0.25) is 0 Å². The van der Waals surface area contributed by atoms with Gasteiger partial charge >= 0.3 is 6.01 Å². The average molecular weight is 615 g/mol. The molecule has 10 heteroatoms. The molecule has 1 saturated carbocycles. The van der Waals surface area contributed by atoms with Crippen LogP contribution in [0, 0.1) is 29.4 Å². The molecule has 1 aliphatic carbocycles. The van der Waals surface area contributed by atoms with Crippen LogP contribution in [0.4, 0.5) is 14.6 Å². The largest absolute Gasteiger partial charge is 0.508 e. The number of anilines is 1. The number of phenolic OH excluding ortho intramolecular Hbond substituents is 1. The number of terminal acetylenes is 1. The van der Waals surface area contributed by atoms with E-state index < -0.39 is 17.7 Å². The number of hydrogen-bond donors (Lipinski definition) is 2. The monoisotopic (exact) mass is 614 g/mol. The normalized spacial score (nSPS) is 24.0. The Morgan fingerprint density at radius 2 is 1.96 bits per heavy atom. The molecule has 0 bridgehead atoms. The highest BCUT2D eigenvalue weighted by Gasteiger charge is 2.47. The zero-order valence-corrected chi connectivity index (χ0v) is 25.2. The lowest BCUT2D eigenvalue weighted by Crippen LogP contribution is -2.50. The highest BCUT2D eigenvalue weighted by atomic mass is 19.1. The summed E-state index contributed by atoms with van der Waals surface area (Å²) in [5.41, 5.74) is 0.327. The minimum atomic E-state index is -0.752. The molecule has 0 radical (unpaired) electrons. The number of phenols is 1. The van der Waals surface area contributed by atoms with Gasteiger partial charge in [-0.15, -0.1) is 6.42 Å². The molecule has 1 unspecified atom stereocenters. The Bertz CT molecular complexity index is 1830. The second-order valence-corrected chi connectivity index (χ2v) is 12.6. The first-order chi connectivity index (χ1) is 21.8. The molecule has 3 fully saturated rings. The first-order valence-electron chi connectivity index (χ1n) is 15.5. The number of ether oxygens (including phenoxy) is 2. The molecule has 8 nitrogen and oxygen atoms in total. The molecule has 2 aliphatic heterocycles. The molecule has 234 valence electrons. The number of fused-ring (bicyclic) bond motifs is 3. The van der Waals surface area contributed by atoms with E-state index >= 15 is 4.39 Å². The fraction of sp³-hybridized carbons (Fsp3) is 0.429. The summed E-state index contributed by atoms with van der Waals surface area (Å²) in [7, 11) is 2.17. The van der Waals surface area contributed by atoms with Crippen molar-refractivity contribution in [1.29, 1.82) is 0 Å². The number of piperidine rings is 1. The van der Waals surface area contributed by atoms with Crippen LogP contribution in [0.3, 0.4) is 0 Å². The molecule has 45 heavy (non-hydrogen) atoms. The minimum Gasteiger partial charge on any atom is -0.508 e. The van der Waals surface area contributed by atoms with Crippen molar-refractivity contribution in [2.45, 2.75) is 44.2 Å². The van der Waals surface area contributed by atoms with E-state index in [1.54, 1.807) is 12.1 Å². The van der Waals surface area contributed by atoms with E-state index in [4.69, 9.17) is 20.9 Å². The van der Waals surface area contributed by atoms with E-state index in [1.807, 2.05) is 4.90 Å². The maximum Gasteiger partial charge on any atom is 0.319 e. The second-order valence-electron chi connectivity index (χ2n) is 12.6. The third-order valence-corrected chi connectivity index (χ3v) is 9.86. The standard InChI is InChI=1S/C35H36F2N4O4/c1-3-24-28(36)10-7-21-16-22(42)17-27(30(21)24)25-8-9-26-32(31(25)37)38-34(39-33(26)41-14-15-44-19-23(43)18-41)45-20-35-11-4-6-29(35)40(2)13-5-12-35/h1,7-10,16-17,23,29,42-43H,4-6,11-15,18-20H2,2H3/t23?,29-,35-/m1/s1. The van der Waals surface area contributed by atoms with Crippen LogP contribution in [0.25, 0.3) is 32.8 Å². The van der Waals surface area contributed by atoms with Gasteiger partial charge in [-0.3, -0.25) is 0 Å². The van der Waals surface area contributed by atoms with Gasteiger partial charge in [0.25, 0.3) is 0 Å². The molecule has 7 rings (SSSR count). The highest BCUT2D eigenvalue weighted by Crippen LogP contribution is 2.47. The van der Waals surface area contributed by atoms with Gasteiger partial charge in [-0.1, -0.05) is 24.5 Å². The van der Waals surface area contributed by atoms with E-state index in [9.17, 15) is 14.6 Å². The molecule has 3 heterocycles. The number of benzene rings is 3. The van der Waals surface area contributed by atoms with Gasteiger partial charge in [-0.2, -0.15) is 9.97 Å². The van der Waals surface area contributed by atoms with E-state index in [0.717, 1.165) is 38.6 Å². The Morgan fingerprint density at radius 1 is 1.11 bits per heavy atom. The van der Waals surface area contributed by atoms with Crippen molar-refractivity contribution in [3.05, 3.63) is 53.6 Å². The van der Waals surface area contributed by atoms with Crippen LogP contribution in [0.5, 0.6) is 11.8 Å². The number of rotatable bonds is 5. The first kappa shape index (κ1) is 29.7. The van der Waals surface area contributed by atoms with Gasteiger partial charge in [0.1, 0.15) is 22.9 Å². The molecule has 3 aromatic carbocycles. The number of halogens is 2. The van der Waals surface area contributed by atoms with Gasteiger partial charge in [-0.25, -0.2) is 8.78 Å². The smallest absolute Gasteiger partial charge is 0.319 e. The van der Waals surface area contributed by atoms with Crippen molar-refractivity contribution in [2.75, 3.05) is 51.4 Å². The van der Waals surface area contributed by atoms with Crippen molar-refractivity contribution in [1.82, 2.24) is 14.9 Å². The summed E-state index contributed by atoms with van der Waals surface area (Å²) >= 11 is 0. The summed E-state index contributed by atoms with van der Waals surface area (Å²) in [4.78, 5) is 13.7. The Labute approximate surface area is 260 Å². The lowest BCUT2D eigenvalue weighted by atomic mass is 9.76. The summed E-state index contributed by atoms with van der Waals surface area (Å²) in [6, 6.07) is 9.33. The molecule has 0 spiro atoms.